The van der Waals surface area contributed by atoms with E-state index >= 15 is 0 Å². The number of likely N-dealkylation sites (tertiary alicyclic amines) is 1. The second kappa shape index (κ2) is 4.19. The molecule has 1 atom stereocenters. The average molecular weight is 253 g/mol. The van der Waals surface area contributed by atoms with Crippen LogP contribution in [0.25, 0.3) is 0 Å². The van der Waals surface area contributed by atoms with Gasteiger partial charge in [-0.15, -0.1) is 0 Å². The van der Waals surface area contributed by atoms with Crippen LogP contribution in [0.15, 0.2) is 0 Å². The summed E-state index contributed by atoms with van der Waals surface area (Å²) in [6.45, 7) is 4.57. The molecule has 98 valence electrons. The zero-order valence-electron chi connectivity index (χ0n) is 9.80. The summed E-state index contributed by atoms with van der Waals surface area (Å²) in [5.74, 6) is -0.846. The van der Waals surface area contributed by atoms with Crippen molar-refractivity contribution in [2.24, 2.45) is 0 Å². The summed E-state index contributed by atoms with van der Waals surface area (Å²) >= 11 is 0. The van der Waals surface area contributed by atoms with Gasteiger partial charge in [0.05, 0.1) is 0 Å². The number of halogens is 3. The summed E-state index contributed by atoms with van der Waals surface area (Å²) < 4.78 is 42.5. The molecule has 1 fully saturated rings. The first-order valence-electron chi connectivity index (χ1n) is 5.14. The zero-order chi connectivity index (χ0) is 13.4. The first-order chi connectivity index (χ1) is 7.52. The van der Waals surface area contributed by atoms with Gasteiger partial charge in [0.2, 0.25) is 5.91 Å². The third kappa shape index (κ3) is 3.34. The van der Waals surface area contributed by atoms with Gasteiger partial charge in [0, 0.05) is 6.42 Å². The summed E-state index contributed by atoms with van der Waals surface area (Å²) in [6.07, 6.45) is -6.53. The monoisotopic (exact) mass is 253 g/mol. The number of rotatable bonds is 0. The van der Waals surface area contributed by atoms with Gasteiger partial charge in [-0.2, -0.15) is 13.2 Å². The highest BCUT2D eigenvalue weighted by molar-refractivity contribution is 5.94. The first kappa shape index (κ1) is 13.8. The average Bonchev–Trinajstić information content (AvgIpc) is 2.42. The second-order valence-electron chi connectivity index (χ2n) is 4.84. The molecular formula is C10H14F3NO3. The minimum atomic E-state index is -4.61. The van der Waals surface area contributed by atoms with Crippen LogP contribution >= 0.6 is 0 Å². The summed E-state index contributed by atoms with van der Waals surface area (Å²) in [5.41, 5.74) is -0.934. The number of hydrogen-bond donors (Lipinski definition) is 0. The van der Waals surface area contributed by atoms with Crippen LogP contribution in [0.5, 0.6) is 0 Å². The molecule has 0 aromatic carbocycles. The number of hydrogen-bond acceptors (Lipinski definition) is 3. The van der Waals surface area contributed by atoms with Crippen molar-refractivity contribution in [3.63, 3.8) is 0 Å². The maximum absolute atomic E-state index is 12.6. The fourth-order valence-electron chi connectivity index (χ4n) is 1.53. The molecule has 7 heteroatoms. The van der Waals surface area contributed by atoms with Crippen molar-refractivity contribution in [1.29, 1.82) is 0 Å². The van der Waals surface area contributed by atoms with Crippen LogP contribution in [-0.4, -0.2) is 34.7 Å². The summed E-state index contributed by atoms with van der Waals surface area (Å²) in [4.78, 5) is 23.0. The predicted molar refractivity (Wildman–Crippen MR) is 52.2 cm³/mol. The molecule has 0 saturated carbocycles. The predicted octanol–water partition coefficient (Wildman–Crippen LogP) is 2.47. The van der Waals surface area contributed by atoms with E-state index in [1.54, 1.807) is 0 Å². The summed E-state index contributed by atoms with van der Waals surface area (Å²) in [7, 11) is 0. The Morgan fingerprint density at radius 1 is 1.35 bits per heavy atom. The van der Waals surface area contributed by atoms with Crippen LogP contribution in [0, 0.1) is 0 Å². The third-order valence-electron chi connectivity index (χ3n) is 2.18. The number of amides is 2. The van der Waals surface area contributed by atoms with Crippen LogP contribution in [0.1, 0.15) is 33.6 Å². The number of carbonyl (C=O) groups is 2. The lowest BCUT2D eigenvalue weighted by atomic mass is 10.2. The lowest BCUT2D eigenvalue weighted by Gasteiger charge is -2.28. The number of carbonyl (C=O) groups excluding carboxylic acids is 2. The van der Waals surface area contributed by atoms with Gasteiger partial charge in [-0.1, -0.05) is 0 Å². The van der Waals surface area contributed by atoms with Gasteiger partial charge in [0.25, 0.3) is 0 Å². The van der Waals surface area contributed by atoms with E-state index in [0.29, 0.717) is 0 Å². The fourth-order valence-corrected chi connectivity index (χ4v) is 1.53. The van der Waals surface area contributed by atoms with Gasteiger partial charge >= 0.3 is 12.3 Å². The van der Waals surface area contributed by atoms with E-state index in [2.05, 4.69) is 0 Å². The Labute approximate surface area is 96.7 Å². The van der Waals surface area contributed by atoms with Crippen LogP contribution in [0.3, 0.4) is 0 Å². The van der Waals surface area contributed by atoms with Crippen molar-refractivity contribution >= 4 is 12.0 Å². The highest BCUT2D eigenvalue weighted by atomic mass is 19.4. The van der Waals surface area contributed by atoms with Crippen molar-refractivity contribution < 1.29 is 27.5 Å². The van der Waals surface area contributed by atoms with Gasteiger partial charge < -0.3 is 4.74 Å². The highest BCUT2D eigenvalue weighted by Crippen LogP contribution is 2.34. The quantitative estimate of drug-likeness (QED) is 0.666. The molecule has 0 aromatic rings. The Bertz CT molecular complexity index is 333. The maximum atomic E-state index is 12.6. The highest BCUT2D eigenvalue weighted by Gasteiger charge is 2.52. The number of imide groups is 1. The van der Waals surface area contributed by atoms with Gasteiger partial charge in [-0.3, -0.25) is 4.79 Å². The Balaban J connectivity index is 2.86. The molecule has 0 bridgehead atoms. The smallest absolute Gasteiger partial charge is 0.417 e. The minimum absolute atomic E-state index is 0.172. The van der Waals surface area contributed by atoms with E-state index in [0.717, 1.165) is 0 Å². The molecule has 1 saturated heterocycles. The van der Waals surface area contributed by atoms with Crippen molar-refractivity contribution in [2.75, 3.05) is 0 Å². The maximum Gasteiger partial charge on any atom is 0.417 e. The normalized spacial score (nSPS) is 21.9. The van der Waals surface area contributed by atoms with Crippen molar-refractivity contribution in [1.82, 2.24) is 4.90 Å². The Hall–Kier alpha value is -1.27. The van der Waals surface area contributed by atoms with E-state index in [9.17, 15) is 22.8 Å². The molecular weight excluding hydrogens is 239 g/mol. The molecule has 0 spiro atoms. The van der Waals surface area contributed by atoms with Crippen LogP contribution in [-0.2, 0) is 9.53 Å². The molecule has 17 heavy (non-hydrogen) atoms. The molecule has 1 aliphatic heterocycles. The van der Waals surface area contributed by atoms with Crippen molar-refractivity contribution in [3.8, 4) is 0 Å². The van der Waals surface area contributed by atoms with E-state index in [4.69, 9.17) is 4.74 Å². The molecule has 1 rings (SSSR count). The van der Waals surface area contributed by atoms with Crippen molar-refractivity contribution in [3.05, 3.63) is 0 Å². The van der Waals surface area contributed by atoms with E-state index in [1.165, 1.54) is 20.8 Å². The Morgan fingerprint density at radius 3 is 2.29 bits per heavy atom. The number of ether oxygens (including phenoxy) is 1. The summed E-state index contributed by atoms with van der Waals surface area (Å²) in [5, 5.41) is 0. The molecule has 0 aromatic heterocycles. The molecule has 2 amide bonds. The van der Waals surface area contributed by atoms with Gasteiger partial charge in [-0.05, 0) is 27.2 Å². The number of nitrogens with zero attached hydrogens (tertiary/aromatic N) is 1. The van der Waals surface area contributed by atoms with E-state index in [-0.39, 0.29) is 11.3 Å². The molecule has 0 radical (unpaired) electrons. The van der Waals surface area contributed by atoms with Crippen molar-refractivity contribution in [2.45, 2.75) is 51.4 Å². The third-order valence-corrected chi connectivity index (χ3v) is 2.18. The van der Waals surface area contributed by atoms with Crippen LogP contribution in [0.2, 0.25) is 0 Å². The second-order valence-corrected chi connectivity index (χ2v) is 4.84. The lowest BCUT2D eigenvalue weighted by Crippen LogP contribution is -2.48. The zero-order valence-corrected chi connectivity index (χ0v) is 9.80. The standard InChI is InChI=1S/C10H14F3NO3/c1-9(2,3)17-8(16)14-6(10(11,12)13)4-5-7(14)15/h6H,4-5H2,1-3H3. The van der Waals surface area contributed by atoms with E-state index in [1.807, 2.05) is 0 Å². The largest absolute Gasteiger partial charge is 0.443 e. The first-order valence-corrected chi connectivity index (χ1v) is 5.14. The molecule has 0 N–H and O–H groups in total. The van der Waals surface area contributed by atoms with Gasteiger partial charge in [-0.25, -0.2) is 9.69 Å². The Kier molecular flexibility index (Phi) is 3.40. The topological polar surface area (TPSA) is 46.6 Å². The molecule has 1 aliphatic rings. The fraction of sp³-hybridized carbons (Fsp3) is 0.800. The van der Waals surface area contributed by atoms with Crippen LogP contribution < -0.4 is 0 Å². The molecule has 1 unspecified atom stereocenters. The molecule has 1 heterocycles. The number of alkyl halides is 3. The van der Waals surface area contributed by atoms with Gasteiger partial charge in [0.15, 0.2) is 0 Å². The molecule has 0 aliphatic carbocycles. The molecule has 4 nitrogen and oxygen atoms in total. The van der Waals surface area contributed by atoms with Gasteiger partial charge in [0.1, 0.15) is 11.6 Å². The minimum Gasteiger partial charge on any atom is -0.443 e. The lowest BCUT2D eigenvalue weighted by molar-refractivity contribution is -0.177. The van der Waals surface area contributed by atoms with Crippen LogP contribution in [0.4, 0.5) is 18.0 Å². The summed E-state index contributed by atoms with van der Waals surface area (Å²) in [6, 6.07) is -2.06. The van der Waals surface area contributed by atoms with E-state index < -0.39 is 36.2 Å². The Morgan fingerprint density at radius 2 is 1.88 bits per heavy atom. The SMILES string of the molecule is CC(C)(C)OC(=O)N1C(=O)CCC1C(F)(F)F.